The van der Waals surface area contributed by atoms with Gasteiger partial charge in [0.05, 0.1) is 5.01 Å². The summed E-state index contributed by atoms with van der Waals surface area (Å²) in [6.07, 6.45) is -4.30. The van der Waals surface area contributed by atoms with Crippen molar-refractivity contribution in [3.05, 3.63) is 10.7 Å². The van der Waals surface area contributed by atoms with Crippen LogP contribution >= 0.6 is 11.3 Å². The minimum atomic E-state index is -4.30. The highest BCUT2D eigenvalue weighted by Crippen LogP contribution is 2.27. The molecule has 0 fully saturated rings. The van der Waals surface area contributed by atoms with E-state index in [1.165, 1.54) is 7.85 Å². The van der Waals surface area contributed by atoms with Gasteiger partial charge < -0.3 is 0 Å². The lowest BCUT2D eigenvalue weighted by Crippen LogP contribution is -2.16. The highest BCUT2D eigenvalue weighted by Gasteiger charge is 2.35. The number of halogens is 3. The van der Waals surface area contributed by atoms with Crippen LogP contribution in [-0.4, -0.2) is 12.8 Å². The predicted octanol–water partition coefficient (Wildman–Crippen LogP) is 0.729. The molecule has 0 aromatic carbocycles. The van der Waals surface area contributed by atoms with Gasteiger partial charge >= 0.3 is 6.18 Å². The fraction of sp³-hybridized carbons (Fsp3) is 0.400. The smallest absolute Gasteiger partial charge is 0.238 e. The standard InChI is InChI=1S/C5H5BF3NS/c1-2-10-3(4(6)11-2)5(7,8)9/h6H2,1H3. The third-order valence-electron chi connectivity index (χ3n) is 1.17. The molecule has 0 aliphatic heterocycles. The summed E-state index contributed by atoms with van der Waals surface area (Å²) in [4.78, 5) is 3.38. The molecule has 11 heavy (non-hydrogen) atoms. The summed E-state index contributed by atoms with van der Waals surface area (Å²) in [6, 6.07) is 0. The average molecular weight is 179 g/mol. The van der Waals surface area contributed by atoms with Crippen molar-refractivity contribution in [3.63, 3.8) is 0 Å². The normalized spacial score (nSPS) is 12.0. The molecule has 0 bridgehead atoms. The van der Waals surface area contributed by atoms with Gasteiger partial charge in [-0.15, -0.1) is 11.3 Å². The molecule has 0 radical (unpaired) electrons. The van der Waals surface area contributed by atoms with Gasteiger partial charge in [0, 0.05) is 0 Å². The summed E-state index contributed by atoms with van der Waals surface area (Å²) < 4.78 is 36.3. The number of alkyl halides is 3. The van der Waals surface area contributed by atoms with E-state index in [1.54, 1.807) is 6.92 Å². The predicted molar refractivity (Wildman–Crippen MR) is 40.0 cm³/mol. The van der Waals surface area contributed by atoms with E-state index >= 15 is 0 Å². The maximum atomic E-state index is 12.0. The Kier molecular flexibility index (Phi) is 1.96. The number of hydrogen-bond acceptors (Lipinski definition) is 2. The van der Waals surface area contributed by atoms with Gasteiger partial charge in [0.1, 0.15) is 5.69 Å². The molecule has 1 nitrogen and oxygen atoms in total. The van der Waals surface area contributed by atoms with E-state index in [1.807, 2.05) is 0 Å². The number of rotatable bonds is 0. The molecule has 1 heterocycles. The second-order valence-corrected chi connectivity index (χ2v) is 3.54. The first kappa shape index (κ1) is 8.58. The van der Waals surface area contributed by atoms with Crippen LogP contribution in [0.1, 0.15) is 10.7 Å². The SMILES string of the molecule is Bc1sc(C)nc1C(F)(F)F. The zero-order valence-corrected chi connectivity index (χ0v) is 6.81. The summed E-state index contributed by atoms with van der Waals surface area (Å²) >= 11 is 1.06. The van der Waals surface area contributed by atoms with Crippen LogP contribution in [0, 0.1) is 6.92 Å². The third kappa shape index (κ3) is 1.74. The van der Waals surface area contributed by atoms with Crippen molar-refractivity contribution in [2.75, 3.05) is 0 Å². The zero-order valence-electron chi connectivity index (χ0n) is 5.99. The van der Waals surface area contributed by atoms with E-state index in [0.29, 0.717) is 5.01 Å². The minimum Gasteiger partial charge on any atom is -0.238 e. The second kappa shape index (κ2) is 2.51. The number of nitrogens with zero attached hydrogens (tertiary/aromatic N) is 1. The minimum absolute atomic E-state index is 0.231. The topological polar surface area (TPSA) is 12.9 Å². The van der Waals surface area contributed by atoms with E-state index in [4.69, 9.17) is 0 Å². The van der Waals surface area contributed by atoms with E-state index in [2.05, 4.69) is 4.98 Å². The Morgan fingerprint density at radius 3 is 2.18 bits per heavy atom. The lowest BCUT2D eigenvalue weighted by atomic mass is 10.1. The quantitative estimate of drug-likeness (QED) is 0.535. The van der Waals surface area contributed by atoms with Crippen molar-refractivity contribution in [3.8, 4) is 0 Å². The molecule has 1 aromatic rings. The number of thiazole rings is 1. The molecule has 0 aliphatic carbocycles. The molecule has 0 atom stereocenters. The average Bonchev–Trinajstić information content (AvgIpc) is 2.08. The monoisotopic (exact) mass is 179 g/mol. The Hall–Kier alpha value is -0.515. The lowest BCUT2D eigenvalue weighted by Gasteiger charge is -2.01. The van der Waals surface area contributed by atoms with Gasteiger partial charge in [-0.25, -0.2) is 4.98 Å². The Bertz CT molecular complexity index is 267. The molecule has 0 N–H and O–H groups in total. The highest BCUT2D eigenvalue weighted by atomic mass is 32.1. The fourth-order valence-corrected chi connectivity index (χ4v) is 1.63. The molecule has 0 spiro atoms. The van der Waals surface area contributed by atoms with Crippen molar-refractivity contribution in [1.82, 2.24) is 4.98 Å². The number of hydrogen-bond donors (Lipinski definition) is 0. The van der Waals surface area contributed by atoms with Gasteiger partial charge in [0.15, 0.2) is 7.85 Å². The van der Waals surface area contributed by atoms with Crippen LogP contribution in [0.15, 0.2) is 0 Å². The Labute approximate surface area is 66.7 Å². The molecule has 60 valence electrons. The van der Waals surface area contributed by atoms with Gasteiger partial charge in [-0.05, 0) is 11.7 Å². The Morgan fingerprint density at radius 2 is 2.00 bits per heavy atom. The van der Waals surface area contributed by atoms with Crippen molar-refractivity contribution >= 4 is 24.0 Å². The van der Waals surface area contributed by atoms with E-state index < -0.39 is 11.9 Å². The van der Waals surface area contributed by atoms with Gasteiger partial charge in [-0.2, -0.15) is 13.2 Å². The third-order valence-corrected chi connectivity index (χ3v) is 2.06. The number of aromatic nitrogens is 1. The summed E-state index contributed by atoms with van der Waals surface area (Å²) in [5.41, 5.74) is -0.750. The maximum absolute atomic E-state index is 12.0. The maximum Gasteiger partial charge on any atom is 0.433 e. The molecule has 1 rings (SSSR count). The summed E-state index contributed by atoms with van der Waals surface area (Å²) in [5, 5.41) is 0.454. The first-order valence-electron chi connectivity index (χ1n) is 2.92. The van der Waals surface area contributed by atoms with Crippen LogP contribution in [0.3, 0.4) is 0 Å². The molecule has 0 saturated carbocycles. The van der Waals surface area contributed by atoms with E-state index in [9.17, 15) is 13.2 Å². The van der Waals surface area contributed by atoms with Crippen molar-refractivity contribution in [2.45, 2.75) is 13.1 Å². The molecular weight excluding hydrogens is 174 g/mol. The summed E-state index contributed by atoms with van der Waals surface area (Å²) in [6.45, 7) is 1.56. The Morgan fingerprint density at radius 1 is 1.45 bits per heavy atom. The molecule has 0 aliphatic rings. The van der Waals surface area contributed by atoms with Crippen LogP contribution < -0.4 is 4.78 Å². The molecule has 6 heteroatoms. The van der Waals surface area contributed by atoms with Gasteiger partial charge in [-0.3, -0.25) is 0 Å². The van der Waals surface area contributed by atoms with E-state index in [-0.39, 0.29) is 4.78 Å². The summed E-state index contributed by atoms with van der Waals surface area (Å²) in [5.74, 6) is 0. The molecule has 0 saturated heterocycles. The first-order chi connectivity index (χ1) is 4.91. The largest absolute Gasteiger partial charge is 0.433 e. The fourth-order valence-electron chi connectivity index (χ4n) is 0.792. The molecular formula is C5H5BF3NS. The number of aryl methyl sites for hydroxylation is 1. The van der Waals surface area contributed by atoms with Gasteiger partial charge in [0.25, 0.3) is 0 Å². The highest BCUT2D eigenvalue weighted by molar-refractivity contribution is 7.19. The lowest BCUT2D eigenvalue weighted by molar-refractivity contribution is -0.139. The first-order valence-corrected chi connectivity index (χ1v) is 3.74. The van der Waals surface area contributed by atoms with Crippen LogP contribution in [0.2, 0.25) is 0 Å². The van der Waals surface area contributed by atoms with E-state index in [0.717, 1.165) is 11.3 Å². The summed E-state index contributed by atoms with van der Waals surface area (Å²) in [7, 11) is 1.42. The zero-order chi connectivity index (χ0) is 8.65. The van der Waals surface area contributed by atoms with Crippen LogP contribution in [0.5, 0.6) is 0 Å². The van der Waals surface area contributed by atoms with Crippen molar-refractivity contribution in [2.24, 2.45) is 0 Å². The van der Waals surface area contributed by atoms with Crippen molar-refractivity contribution < 1.29 is 13.2 Å². The van der Waals surface area contributed by atoms with Crippen LogP contribution in [0.25, 0.3) is 0 Å². The molecule has 0 amide bonds. The van der Waals surface area contributed by atoms with Crippen LogP contribution in [0.4, 0.5) is 13.2 Å². The molecule has 1 aromatic heterocycles. The van der Waals surface area contributed by atoms with Crippen LogP contribution in [-0.2, 0) is 6.18 Å². The molecule has 0 unspecified atom stereocenters. The van der Waals surface area contributed by atoms with Gasteiger partial charge in [-0.1, -0.05) is 0 Å². The Balaban J connectivity index is 3.13. The van der Waals surface area contributed by atoms with Crippen molar-refractivity contribution in [1.29, 1.82) is 0 Å². The second-order valence-electron chi connectivity index (χ2n) is 2.14. The van der Waals surface area contributed by atoms with Gasteiger partial charge in [0.2, 0.25) is 0 Å².